The fourth-order valence-corrected chi connectivity index (χ4v) is 3.92. The van der Waals surface area contributed by atoms with Crippen LogP contribution in [0.5, 0.6) is 0 Å². The van der Waals surface area contributed by atoms with E-state index in [1.54, 1.807) is 0 Å². The molecule has 0 aromatic heterocycles. The summed E-state index contributed by atoms with van der Waals surface area (Å²) in [7, 11) is -3.66. The second-order valence-electron chi connectivity index (χ2n) is 4.62. The molecule has 4 nitrogen and oxygen atoms in total. The van der Waals surface area contributed by atoms with Gasteiger partial charge < -0.3 is 5.73 Å². The molecule has 3 N–H and O–H groups in total. The Balaban J connectivity index is 2.17. The normalized spacial score (nSPS) is 23.4. The standard InChI is InChI=1S/C12H15FN2O2S2/c13-8-4-6-9(7-5-8)19(16,17)15-11-3-1-2-10(11)12(14)18/h4-7,10-11,15H,1-3H2,(H2,14,18). The molecule has 1 aliphatic rings. The average Bonchev–Trinajstić information content (AvgIpc) is 2.77. The van der Waals surface area contributed by atoms with Crippen LogP contribution in [0.2, 0.25) is 0 Å². The summed E-state index contributed by atoms with van der Waals surface area (Å²) >= 11 is 4.95. The highest BCUT2D eigenvalue weighted by molar-refractivity contribution is 7.89. The van der Waals surface area contributed by atoms with Crippen LogP contribution < -0.4 is 10.5 Å². The molecule has 0 radical (unpaired) electrons. The minimum absolute atomic E-state index is 0.0440. The molecule has 1 fully saturated rings. The van der Waals surface area contributed by atoms with Crippen LogP contribution in [0.3, 0.4) is 0 Å². The Hall–Kier alpha value is -1.05. The van der Waals surface area contributed by atoms with Crippen LogP contribution in [-0.4, -0.2) is 19.4 Å². The Morgan fingerprint density at radius 2 is 1.95 bits per heavy atom. The summed E-state index contributed by atoms with van der Waals surface area (Å²) in [4.78, 5) is 0.381. The minimum atomic E-state index is -3.66. The third kappa shape index (κ3) is 3.29. The smallest absolute Gasteiger partial charge is 0.240 e. The molecule has 2 rings (SSSR count). The van der Waals surface area contributed by atoms with Crippen molar-refractivity contribution in [1.82, 2.24) is 4.72 Å². The quantitative estimate of drug-likeness (QED) is 0.828. The van der Waals surface area contributed by atoms with Gasteiger partial charge in [0.15, 0.2) is 0 Å². The van der Waals surface area contributed by atoms with Crippen LogP contribution in [-0.2, 0) is 10.0 Å². The summed E-state index contributed by atoms with van der Waals surface area (Å²) < 4.78 is 39.7. The first-order valence-corrected chi connectivity index (χ1v) is 7.86. The van der Waals surface area contributed by atoms with Crippen LogP contribution in [0, 0.1) is 11.7 Å². The lowest BCUT2D eigenvalue weighted by Gasteiger charge is -2.19. The zero-order valence-corrected chi connectivity index (χ0v) is 11.8. The van der Waals surface area contributed by atoms with E-state index >= 15 is 0 Å². The third-order valence-corrected chi connectivity index (χ3v) is 5.12. The number of hydrogen-bond donors (Lipinski definition) is 2. The Morgan fingerprint density at radius 1 is 1.32 bits per heavy atom. The van der Waals surface area contributed by atoms with Gasteiger partial charge in [-0.05, 0) is 37.1 Å². The number of rotatable bonds is 4. The van der Waals surface area contributed by atoms with E-state index < -0.39 is 15.8 Å². The number of nitrogens with one attached hydrogen (secondary N) is 1. The average molecular weight is 302 g/mol. The second-order valence-corrected chi connectivity index (χ2v) is 6.81. The minimum Gasteiger partial charge on any atom is -0.393 e. The van der Waals surface area contributed by atoms with E-state index in [2.05, 4.69) is 4.72 Å². The Morgan fingerprint density at radius 3 is 2.53 bits per heavy atom. The molecule has 0 saturated heterocycles. The molecule has 0 spiro atoms. The van der Waals surface area contributed by atoms with Crippen molar-refractivity contribution in [2.75, 3.05) is 0 Å². The van der Waals surface area contributed by atoms with E-state index in [9.17, 15) is 12.8 Å². The Labute approximate surface area is 117 Å². The van der Waals surface area contributed by atoms with Crippen molar-refractivity contribution in [3.8, 4) is 0 Å². The molecule has 104 valence electrons. The van der Waals surface area contributed by atoms with Gasteiger partial charge >= 0.3 is 0 Å². The van der Waals surface area contributed by atoms with Gasteiger partial charge in [0.1, 0.15) is 5.82 Å². The zero-order valence-electron chi connectivity index (χ0n) is 10.2. The van der Waals surface area contributed by atoms with E-state index in [1.165, 1.54) is 12.1 Å². The molecular formula is C12H15FN2O2S2. The summed E-state index contributed by atoms with van der Waals surface area (Å²) in [6.45, 7) is 0. The van der Waals surface area contributed by atoms with Crippen LogP contribution in [0.1, 0.15) is 19.3 Å². The van der Waals surface area contributed by atoms with Crippen molar-refractivity contribution in [2.24, 2.45) is 11.7 Å². The zero-order chi connectivity index (χ0) is 14.0. The first-order chi connectivity index (χ1) is 8.90. The first-order valence-electron chi connectivity index (χ1n) is 5.97. The van der Waals surface area contributed by atoms with Crippen LogP contribution in [0.15, 0.2) is 29.2 Å². The highest BCUT2D eigenvalue weighted by Gasteiger charge is 2.32. The van der Waals surface area contributed by atoms with Crippen LogP contribution in [0.25, 0.3) is 0 Å². The summed E-state index contributed by atoms with van der Waals surface area (Å²) in [6, 6.07) is 4.44. The van der Waals surface area contributed by atoms with E-state index in [0.717, 1.165) is 25.0 Å². The van der Waals surface area contributed by atoms with Crippen molar-refractivity contribution < 1.29 is 12.8 Å². The summed E-state index contributed by atoms with van der Waals surface area (Å²) in [5.74, 6) is -0.578. The van der Waals surface area contributed by atoms with Crippen molar-refractivity contribution in [3.63, 3.8) is 0 Å². The third-order valence-electron chi connectivity index (χ3n) is 3.31. The molecule has 2 unspecified atom stereocenters. The predicted molar refractivity (Wildman–Crippen MR) is 74.6 cm³/mol. The van der Waals surface area contributed by atoms with Crippen molar-refractivity contribution >= 4 is 27.2 Å². The van der Waals surface area contributed by atoms with E-state index in [0.29, 0.717) is 11.4 Å². The molecule has 2 atom stereocenters. The van der Waals surface area contributed by atoms with Gasteiger partial charge in [0.05, 0.1) is 9.88 Å². The summed E-state index contributed by atoms with van der Waals surface area (Å²) in [5.41, 5.74) is 5.61. The lowest BCUT2D eigenvalue weighted by atomic mass is 10.1. The van der Waals surface area contributed by atoms with Crippen molar-refractivity contribution in [2.45, 2.75) is 30.2 Å². The lowest BCUT2D eigenvalue weighted by Crippen LogP contribution is -2.41. The molecule has 0 aliphatic heterocycles. The molecule has 1 aliphatic carbocycles. The van der Waals surface area contributed by atoms with Gasteiger partial charge in [-0.1, -0.05) is 18.6 Å². The molecule has 0 amide bonds. The van der Waals surface area contributed by atoms with Gasteiger partial charge in [-0.15, -0.1) is 0 Å². The number of benzene rings is 1. The molecule has 0 heterocycles. The van der Waals surface area contributed by atoms with Crippen molar-refractivity contribution in [1.29, 1.82) is 0 Å². The first kappa shape index (κ1) is 14.4. The molecule has 1 aromatic rings. The molecule has 7 heteroatoms. The maximum Gasteiger partial charge on any atom is 0.240 e. The maximum atomic E-state index is 12.8. The van der Waals surface area contributed by atoms with Gasteiger partial charge in [0.25, 0.3) is 0 Å². The molecule has 1 saturated carbocycles. The largest absolute Gasteiger partial charge is 0.393 e. The van der Waals surface area contributed by atoms with E-state index in [1.807, 2.05) is 0 Å². The van der Waals surface area contributed by atoms with E-state index in [4.69, 9.17) is 18.0 Å². The Bertz CT molecular complexity index is 572. The number of nitrogens with two attached hydrogens (primary N) is 1. The summed E-state index contributed by atoms with van der Waals surface area (Å²) in [6.07, 6.45) is 2.40. The van der Waals surface area contributed by atoms with Gasteiger partial charge in [0, 0.05) is 12.0 Å². The number of hydrogen-bond acceptors (Lipinski definition) is 3. The monoisotopic (exact) mass is 302 g/mol. The van der Waals surface area contributed by atoms with Crippen molar-refractivity contribution in [3.05, 3.63) is 30.1 Å². The van der Waals surface area contributed by atoms with Gasteiger partial charge in [-0.25, -0.2) is 17.5 Å². The molecule has 1 aromatic carbocycles. The molecular weight excluding hydrogens is 287 g/mol. The maximum absolute atomic E-state index is 12.8. The summed E-state index contributed by atoms with van der Waals surface area (Å²) in [5, 5.41) is 0. The van der Waals surface area contributed by atoms with Gasteiger partial charge in [-0.2, -0.15) is 0 Å². The van der Waals surface area contributed by atoms with Crippen LogP contribution in [0.4, 0.5) is 4.39 Å². The highest BCUT2D eigenvalue weighted by Crippen LogP contribution is 2.27. The fraction of sp³-hybridized carbons (Fsp3) is 0.417. The number of thiocarbonyl (C=S) groups is 1. The predicted octanol–water partition coefficient (Wildman–Crippen LogP) is 1.56. The number of halogens is 1. The molecule has 19 heavy (non-hydrogen) atoms. The molecule has 0 bridgehead atoms. The lowest BCUT2D eigenvalue weighted by molar-refractivity contribution is 0.524. The van der Waals surface area contributed by atoms with Gasteiger partial charge in [-0.3, -0.25) is 0 Å². The Kier molecular flexibility index (Phi) is 4.17. The second kappa shape index (κ2) is 5.52. The van der Waals surface area contributed by atoms with Gasteiger partial charge in [0.2, 0.25) is 10.0 Å². The highest BCUT2D eigenvalue weighted by atomic mass is 32.2. The fourth-order valence-electron chi connectivity index (χ4n) is 2.32. The van der Waals surface area contributed by atoms with Crippen LogP contribution >= 0.6 is 12.2 Å². The number of sulfonamides is 1. The SMILES string of the molecule is NC(=S)C1CCCC1NS(=O)(=O)c1ccc(F)cc1. The topological polar surface area (TPSA) is 72.2 Å². The van der Waals surface area contributed by atoms with E-state index in [-0.39, 0.29) is 16.9 Å².